The van der Waals surface area contributed by atoms with E-state index in [2.05, 4.69) is 12.2 Å². The molecule has 2 saturated carbocycles. The monoisotopic (exact) mass is 270 g/mol. The van der Waals surface area contributed by atoms with Gasteiger partial charge in [0.1, 0.15) is 0 Å². The van der Waals surface area contributed by atoms with Crippen molar-refractivity contribution in [3.8, 4) is 0 Å². The summed E-state index contributed by atoms with van der Waals surface area (Å²) in [5.41, 5.74) is 5.90. The first-order valence-corrected chi connectivity index (χ1v) is 8.56. The van der Waals surface area contributed by atoms with Gasteiger partial charge < -0.3 is 11.1 Å². The average molecular weight is 270 g/mol. The Balaban J connectivity index is 1.76. The van der Waals surface area contributed by atoms with Crippen molar-refractivity contribution in [3.05, 3.63) is 0 Å². The summed E-state index contributed by atoms with van der Waals surface area (Å²) in [5, 5.41) is 3.14. The predicted octanol–water partition coefficient (Wildman–Crippen LogP) is 2.01. The molecule has 3 N–H and O–H groups in total. The molecule has 0 aromatic heterocycles. The van der Waals surface area contributed by atoms with Gasteiger partial charge in [-0.15, -0.1) is 0 Å². The van der Waals surface area contributed by atoms with Crippen LogP contribution in [0, 0.1) is 17.8 Å². The molecule has 5 unspecified atom stereocenters. The number of rotatable bonds is 6. The van der Waals surface area contributed by atoms with Gasteiger partial charge in [-0.1, -0.05) is 6.42 Å². The molecular formula is C14H26N2OS. The molecule has 0 radical (unpaired) electrons. The minimum absolute atomic E-state index is 0.0410. The van der Waals surface area contributed by atoms with Crippen LogP contribution < -0.4 is 11.1 Å². The molecule has 1 amide bonds. The fourth-order valence-electron chi connectivity index (χ4n) is 3.72. The first kappa shape index (κ1) is 14.2. The largest absolute Gasteiger partial charge is 0.352 e. The topological polar surface area (TPSA) is 55.1 Å². The first-order chi connectivity index (χ1) is 8.61. The summed E-state index contributed by atoms with van der Waals surface area (Å²) in [7, 11) is 0. The average Bonchev–Trinajstić information content (AvgIpc) is 2.97. The molecule has 0 aromatic carbocycles. The molecule has 104 valence electrons. The Kier molecular flexibility index (Phi) is 4.96. The van der Waals surface area contributed by atoms with E-state index < -0.39 is 0 Å². The first-order valence-electron chi connectivity index (χ1n) is 7.16. The molecule has 4 heteroatoms. The molecule has 2 bridgehead atoms. The predicted molar refractivity (Wildman–Crippen MR) is 77.5 cm³/mol. The summed E-state index contributed by atoms with van der Waals surface area (Å²) in [6.07, 6.45) is 8.30. The highest BCUT2D eigenvalue weighted by Crippen LogP contribution is 2.49. The highest BCUT2D eigenvalue weighted by atomic mass is 32.2. The van der Waals surface area contributed by atoms with E-state index in [1.807, 2.05) is 6.26 Å². The molecule has 0 saturated heterocycles. The van der Waals surface area contributed by atoms with Crippen LogP contribution in [0.2, 0.25) is 0 Å². The smallest absolute Gasteiger partial charge is 0.237 e. The van der Waals surface area contributed by atoms with Gasteiger partial charge in [-0.2, -0.15) is 11.8 Å². The maximum Gasteiger partial charge on any atom is 0.237 e. The van der Waals surface area contributed by atoms with Crippen LogP contribution in [-0.2, 0) is 4.79 Å². The summed E-state index contributed by atoms with van der Waals surface area (Å²) < 4.78 is 0. The molecule has 18 heavy (non-hydrogen) atoms. The molecule has 0 aliphatic heterocycles. The quantitative estimate of drug-likeness (QED) is 0.776. The number of hydrogen-bond acceptors (Lipinski definition) is 3. The number of nitrogens with two attached hydrogens (primary N) is 1. The van der Waals surface area contributed by atoms with E-state index in [4.69, 9.17) is 5.73 Å². The molecule has 2 rings (SSSR count). The molecule has 2 aliphatic carbocycles. The van der Waals surface area contributed by atoms with Crippen molar-refractivity contribution in [2.24, 2.45) is 23.5 Å². The second-order valence-electron chi connectivity index (χ2n) is 6.02. The van der Waals surface area contributed by atoms with Gasteiger partial charge >= 0.3 is 0 Å². The zero-order valence-electron chi connectivity index (χ0n) is 11.5. The second-order valence-corrected chi connectivity index (χ2v) is 7.01. The molecule has 0 heterocycles. The third-order valence-electron chi connectivity index (χ3n) is 4.77. The maximum atomic E-state index is 12.0. The Bertz CT molecular complexity index is 298. The van der Waals surface area contributed by atoms with Crippen LogP contribution >= 0.6 is 11.8 Å². The van der Waals surface area contributed by atoms with Crippen molar-refractivity contribution in [1.29, 1.82) is 0 Å². The lowest BCUT2D eigenvalue weighted by Crippen LogP contribution is -2.47. The summed E-state index contributed by atoms with van der Waals surface area (Å²) in [6.45, 7) is 2.16. The lowest BCUT2D eigenvalue weighted by atomic mass is 9.84. The molecule has 2 aliphatic rings. The lowest BCUT2D eigenvalue weighted by Gasteiger charge is -2.29. The van der Waals surface area contributed by atoms with E-state index in [0.29, 0.717) is 12.0 Å². The van der Waals surface area contributed by atoms with Crippen molar-refractivity contribution in [2.75, 3.05) is 12.0 Å². The molecule has 3 nitrogen and oxygen atoms in total. The lowest BCUT2D eigenvalue weighted by molar-refractivity contribution is -0.123. The Morgan fingerprint density at radius 2 is 2.22 bits per heavy atom. The van der Waals surface area contributed by atoms with E-state index in [1.54, 1.807) is 11.8 Å². The van der Waals surface area contributed by atoms with E-state index in [9.17, 15) is 4.79 Å². The second kappa shape index (κ2) is 6.29. The molecule has 0 aromatic rings. The van der Waals surface area contributed by atoms with Gasteiger partial charge in [0, 0.05) is 6.04 Å². The zero-order valence-corrected chi connectivity index (χ0v) is 12.3. The number of carbonyl (C=O) groups excluding carboxylic acids is 1. The molecule has 2 fully saturated rings. The third kappa shape index (κ3) is 3.21. The van der Waals surface area contributed by atoms with Gasteiger partial charge in [0.2, 0.25) is 5.91 Å². The zero-order chi connectivity index (χ0) is 13.1. The van der Waals surface area contributed by atoms with Crippen LogP contribution in [0.1, 0.15) is 39.0 Å². The fraction of sp³-hybridized carbons (Fsp3) is 0.929. The normalized spacial score (nSPS) is 33.4. The number of thioether (sulfide) groups is 1. The minimum Gasteiger partial charge on any atom is -0.352 e. The van der Waals surface area contributed by atoms with Crippen molar-refractivity contribution < 1.29 is 4.79 Å². The van der Waals surface area contributed by atoms with E-state index in [-0.39, 0.29) is 11.9 Å². The van der Waals surface area contributed by atoms with Crippen LogP contribution in [0.5, 0.6) is 0 Å². The van der Waals surface area contributed by atoms with Crippen LogP contribution in [0.15, 0.2) is 0 Å². The van der Waals surface area contributed by atoms with Crippen LogP contribution in [0.3, 0.4) is 0 Å². The Hall–Kier alpha value is -0.220. The highest BCUT2D eigenvalue weighted by Gasteiger charge is 2.42. The standard InChI is InChI=1S/C14H26N2OS/c1-9(12-8-10-3-4-11(12)7-10)16-14(17)13(15)5-6-18-2/h9-13H,3-8,15H2,1-2H3,(H,16,17). The molecule has 0 spiro atoms. The van der Waals surface area contributed by atoms with Gasteiger partial charge in [0.05, 0.1) is 6.04 Å². The van der Waals surface area contributed by atoms with Crippen molar-refractivity contribution in [1.82, 2.24) is 5.32 Å². The number of fused-ring (bicyclic) bond motifs is 2. The van der Waals surface area contributed by atoms with Crippen LogP contribution in [0.25, 0.3) is 0 Å². The van der Waals surface area contributed by atoms with Crippen molar-refractivity contribution in [3.63, 3.8) is 0 Å². The van der Waals surface area contributed by atoms with Crippen molar-refractivity contribution in [2.45, 2.75) is 51.1 Å². The van der Waals surface area contributed by atoms with Gasteiger partial charge in [-0.25, -0.2) is 0 Å². The van der Waals surface area contributed by atoms with E-state index in [0.717, 1.165) is 24.0 Å². The van der Waals surface area contributed by atoms with Crippen LogP contribution in [-0.4, -0.2) is 30.0 Å². The number of amides is 1. The van der Waals surface area contributed by atoms with Crippen molar-refractivity contribution >= 4 is 17.7 Å². The Labute approximate surface area is 115 Å². The number of hydrogen-bond donors (Lipinski definition) is 2. The summed E-state index contributed by atoms with van der Waals surface area (Å²) in [6, 6.07) is -0.0355. The Morgan fingerprint density at radius 3 is 2.78 bits per heavy atom. The maximum absolute atomic E-state index is 12.0. The molecule has 5 atom stereocenters. The summed E-state index contributed by atoms with van der Waals surface area (Å²) >= 11 is 1.74. The SMILES string of the molecule is CSCCC(N)C(=O)NC(C)C1CC2CCC1C2. The molecular weight excluding hydrogens is 244 g/mol. The van der Waals surface area contributed by atoms with Gasteiger partial charge in [0.25, 0.3) is 0 Å². The summed E-state index contributed by atoms with van der Waals surface area (Å²) in [5.74, 6) is 3.48. The third-order valence-corrected chi connectivity index (χ3v) is 5.42. The number of carbonyl (C=O) groups is 1. The number of nitrogens with one attached hydrogen (secondary N) is 1. The van der Waals surface area contributed by atoms with Gasteiger partial charge in [-0.3, -0.25) is 4.79 Å². The fourth-order valence-corrected chi connectivity index (χ4v) is 4.21. The van der Waals surface area contributed by atoms with Gasteiger partial charge in [0.15, 0.2) is 0 Å². The van der Waals surface area contributed by atoms with E-state index in [1.165, 1.54) is 25.7 Å². The Morgan fingerprint density at radius 1 is 1.44 bits per heavy atom. The van der Waals surface area contributed by atoms with E-state index >= 15 is 0 Å². The van der Waals surface area contributed by atoms with Crippen LogP contribution in [0.4, 0.5) is 0 Å². The summed E-state index contributed by atoms with van der Waals surface area (Å²) in [4.78, 5) is 12.0. The minimum atomic E-state index is -0.335. The highest BCUT2D eigenvalue weighted by molar-refractivity contribution is 7.98. The van der Waals surface area contributed by atoms with Gasteiger partial charge in [-0.05, 0) is 62.4 Å².